The van der Waals surface area contributed by atoms with Crippen molar-refractivity contribution in [3.8, 4) is 0 Å². The first-order valence-corrected chi connectivity index (χ1v) is 6.75. The number of aliphatic hydroxyl groups is 1. The second-order valence-electron chi connectivity index (χ2n) is 5.11. The van der Waals surface area contributed by atoms with Crippen molar-refractivity contribution in [1.29, 1.82) is 0 Å². The van der Waals surface area contributed by atoms with Crippen molar-refractivity contribution in [1.82, 2.24) is 4.90 Å². The Morgan fingerprint density at radius 3 is 2.18 bits per heavy atom. The van der Waals surface area contributed by atoms with Gasteiger partial charge in [-0.2, -0.15) is 0 Å². The van der Waals surface area contributed by atoms with E-state index in [9.17, 15) is 5.11 Å². The van der Waals surface area contributed by atoms with Crippen LogP contribution in [0.2, 0.25) is 0 Å². The molecule has 1 fully saturated rings. The van der Waals surface area contributed by atoms with Gasteiger partial charge in [0.15, 0.2) is 0 Å². The van der Waals surface area contributed by atoms with Crippen LogP contribution in [-0.4, -0.2) is 23.1 Å². The standard InChI is InChI=1S/C15H23NO/c1-13(17)15-8-6-14(7-9-15)12-16-10-4-2-3-5-11-16/h6-9,13,17H,2-5,10-12H2,1H3. The van der Waals surface area contributed by atoms with Crippen LogP contribution in [0.4, 0.5) is 0 Å². The summed E-state index contributed by atoms with van der Waals surface area (Å²) in [6.07, 6.45) is 5.09. The van der Waals surface area contributed by atoms with E-state index in [4.69, 9.17) is 0 Å². The molecule has 1 atom stereocenters. The van der Waals surface area contributed by atoms with Gasteiger partial charge >= 0.3 is 0 Å². The molecule has 2 heteroatoms. The Hall–Kier alpha value is -0.860. The third-order valence-electron chi connectivity index (χ3n) is 3.57. The topological polar surface area (TPSA) is 23.5 Å². The Labute approximate surface area is 104 Å². The van der Waals surface area contributed by atoms with E-state index >= 15 is 0 Å². The van der Waals surface area contributed by atoms with Crippen molar-refractivity contribution < 1.29 is 5.11 Å². The minimum Gasteiger partial charge on any atom is -0.389 e. The van der Waals surface area contributed by atoms with Crippen LogP contribution in [-0.2, 0) is 6.54 Å². The number of aliphatic hydroxyl groups excluding tert-OH is 1. The van der Waals surface area contributed by atoms with E-state index in [0.717, 1.165) is 12.1 Å². The molecule has 1 unspecified atom stereocenters. The highest BCUT2D eigenvalue weighted by atomic mass is 16.3. The maximum Gasteiger partial charge on any atom is 0.0761 e. The molecule has 0 saturated carbocycles. The monoisotopic (exact) mass is 233 g/mol. The molecule has 1 saturated heterocycles. The zero-order valence-corrected chi connectivity index (χ0v) is 10.7. The normalized spacial score (nSPS) is 19.9. The van der Waals surface area contributed by atoms with Gasteiger partial charge in [0.05, 0.1) is 6.10 Å². The fourth-order valence-corrected chi connectivity index (χ4v) is 2.45. The SMILES string of the molecule is CC(O)c1ccc(CN2CCCCCC2)cc1. The molecule has 0 aliphatic carbocycles. The van der Waals surface area contributed by atoms with Crippen LogP contribution in [0.1, 0.15) is 49.8 Å². The number of likely N-dealkylation sites (tertiary alicyclic amines) is 1. The van der Waals surface area contributed by atoms with Crippen LogP contribution in [0.3, 0.4) is 0 Å². The van der Waals surface area contributed by atoms with Crippen LogP contribution in [0.25, 0.3) is 0 Å². The highest BCUT2D eigenvalue weighted by Gasteiger charge is 2.09. The van der Waals surface area contributed by atoms with E-state index in [2.05, 4.69) is 17.0 Å². The highest BCUT2D eigenvalue weighted by molar-refractivity contribution is 5.23. The molecule has 1 aromatic carbocycles. The van der Waals surface area contributed by atoms with Crippen LogP contribution >= 0.6 is 0 Å². The average molecular weight is 233 g/mol. The molecule has 0 spiro atoms. The van der Waals surface area contributed by atoms with Crippen molar-refractivity contribution in [3.63, 3.8) is 0 Å². The van der Waals surface area contributed by atoms with E-state index < -0.39 is 0 Å². The first-order chi connectivity index (χ1) is 8.25. The van der Waals surface area contributed by atoms with E-state index in [1.165, 1.54) is 44.3 Å². The molecule has 1 aromatic rings. The van der Waals surface area contributed by atoms with Gasteiger partial charge in [-0.25, -0.2) is 0 Å². The zero-order chi connectivity index (χ0) is 12.1. The van der Waals surface area contributed by atoms with Crippen molar-refractivity contribution in [2.45, 2.75) is 45.3 Å². The van der Waals surface area contributed by atoms with Gasteiger partial charge in [0.1, 0.15) is 0 Å². The van der Waals surface area contributed by atoms with Gasteiger partial charge in [-0.15, -0.1) is 0 Å². The van der Waals surface area contributed by atoms with Gasteiger partial charge in [0, 0.05) is 6.54 Å². The number of hydrogen-bond acceptors (Lipinski definition) is 2. The number of rotatable bonds is 3. The van der Waals surface area contributed by atoms with Crippen molar-refractivity contribution >= 4 is 0 Å². The highest BCUT2D eigenvalue weighted by Crippen LogP contribution is 2.16. The lowest BCUT2D eigenvalue weighted by Crippen LogP contribution is -2.23. The molecule has 0 bridgehead atoms. The molecule has 1 aliphatic rings. The lowest BCUT2D eigenvalue weighted by molar-refractivity contribution is 0.199. The summed E-state index contributed by atoms with van der Waals surface area (Å²) in [6.45, 7) is 5.33. The summed E-state index contributed by atoms with van der Waals surface area (Å²) in [5.74, 6) is 0. The van der Waals surface area contributed by atoms with Crippen LogP contribution in [0, 0.1) is 0 Å². The zero-order valence-electron chi connectivity index (χ0n) is 10.7. The Morgan fingerprint density at radius 2 is 1.65 bits per heavy atom. The quantitative estimate of drug-likeness (QED) is 0.867. The molecule has 1 N–H and O–H groups in total. The minimum atomic E-state index is -0.359. The summed E-state index contributed by atoms with van der Waals surface area (Å²) in [4.78, 5) is 2.55. The second-order valence-corrected chi connectivity index (χ2v) is 5.11. The fraction of sp³-hybridized carbons (Fsp3) is 0.600. The number of hydrogen-bond donors (Lipinski definition) is 1. The molecule has 17 heavy (non-hydrogen) atoms. The maximum absolute atomic E-state index is 9.46. The molecule has 2 rings (SSSR count). The maximum atomic E-state index is 9.46. The summed E-state index contributed by atoms with van der Waals surface area (Å²) < 4.78 is 0. The predicted octanol–water partition coefficient (Wildman–Crippen LogP) is 3.12. The van der Waals surface area contributed by atoms with Crippen LogP contribution < -0.4 is 0 Å². The number of nitrogens with zero attached hydrogens (tertiary/aromatic N) is 1. The molecule has 1 heterocycles. The lowest BCUT2D eigenvalue weighted by Gasteiger charge is -2.20. The van der Waals surface area contributed by atoms with Crippen molar-refractivity contribution in [2.75, 3.05) is 13.1 Å². The molecule has 1 aliphatic heterocycles. The van der Waals surface area contributed by atoms with Crippen molar-refractivity contribution in [3.05, 3.63) is 35.4 Å². The molecule has 0 amide bonds. The summed E-state index contributed by atoms with van der Waals surface area (Å²) in [6, 6.07) is 8.37. The van der Waals surface area contributed by atoms with E-state index in [0.29, 0.717) is 0 Å². The van der Waals surface area contributed by atoms with E-state index in [1.54, 1.807) is 0 Å². The molecular formula is C15H23NO. The van der Waals surface area contributed by atoms with Gasteiger partial charge in [-0.3, -0.25) is 4.90 Å². The van der Waals surface area contributed by atoms with Gasteiger partial charge in [-0.1, -0.05) is 37.1 Å². The third kappa shape index (κ3) is 3.83. The summed E-state index contributed by atoms with van der Waals surface area (Å²) in [7, 11) is 0. The summed E-state index contributed by atoms with van der Waals surface area (Å²) >= 11 is 0. The van der Waals surface area contributed by atoms with Gasteiger partial charge in [0.25, 0.3) is 0 Å². The Balaban J connectivity index is 1.93. The first kappa shape index (κ1) is 12.6. The van der Waals surface area contributed by atoms with Crippen molar-refractivity contribution in [2.24, 2.45) is 0 Å². The van der Waals surface area contributed by atoms with E-state index in [-0.39, 0.29) is 6.10 Å². The fourth-order valence-electron chi connectivity index (χ4n) is 2.45. The minimum absolute atomic E-state index is 0.359. The molecule has 94 valence electrons. The Kier molecular flexibility index (Phi) is 4.57. The number of benzene rings is 1. The van der Waals surface area contributed by atoms with Crippen LogP contribution in [0.15, 0.2) is 24.3 Å². The summed E-state index contributed by atoms with van der Waals surface area (Å²) in [5.41, 5.74) is 2.36. The second kappa shape index (κ2) is 6.18. The summed E-state index contributed by atoms with van der Waals surface area (Å²) in [5, 5.41) is 9.46. The molecule has 2 nitrogen and oxygen atoms in total. The lowest BCUT2D eigenvalue weighted by atomic mass is 10.1. The third-order valence-corrected chi connectivity index (χ3v) is 3.57. The van der Waals surface area contributed by atoms with Gasteiger partial charge in [0.2, 0.25) is 0 Å². The molecular weight excluding hydrogens is 210 g/mol. The molecule has 0 radical (unpaired) electrons. The van der Waals surface area contributed by atoms with Gasteiger partial charge in [-0.05, 0) is 44.0 Å². The van der Waals surface area contributed by atoms with E-state index in [1.807, 2.05) is 19.1 Å². The van der Waals surface area contributed by atoms with Gasteiger partial charge < -0.3 is 5.11 Å². The Bertz CT molecular complexity index is 323. The smallest absolute Gasteiger partial charge is 0.0761 e. The predicted molar refractivity (Wildman–Crippen MR) is 70.8 cm³/mol. The first-order valence-electron chi connectivity index (χ1n) is 6.75. The largest absolute Gasteiger partial charge is 0.389 e. The molecule has 0 aromatic heterocycles. The Morgan fingerprint density at radius 1 is 1.06 bits per heavy atom. The van der Waals surface area contributed by atoms with Crippen LogP contribution in [0.5, 0.6) is 0 Å². The average Bonchev–Trinajstić information content (AvgIpc) is 2.58.